The molecule has 1 aromatic heterocycles. The maximum absolute atomic E-state index is 13.9. The number of aliphatic hydroxyl groups is 1. The third-order valence-electron chi connectivity index (χ3n) is 6.65. The fraction of sp³-hybridized carbons (Fsp3) is 0.542. The molecule has 5 nitrogen and oxygen atoms in total. The molecule has 2 fully saturated rings. The van der Waals surface area contributed by atoms with Crippen molar-refractivity contribution in [2.75, 3.05) is 13.1 Å². The van der Waals surface area contributed by atoms with E-state index in [0.717, 1.165) is 44.0 Å². The molecule has 0 radical (unpaired) electrons. The smallest absolute Gasteiger partial charge is 0.257 e. The van der Waals surface area contributed by atoms with E-state index in [1.165, 1.54) is 0 Å². The van der Waals surface area contributed by atoms with E-state index in [-0.39, 0.29) is 18.9 Å². The van der Waals surface area contributed by atoms with Gasteiger partial charge in [0.25, 0.3) is 5.91 Å². The van der Waals surface area contributed by atoms with Crippen LogP contribution in [0.5, 0.6) is 0 Å². The minimum atomic E-state index is -2.84. The van der Waals surface area contributed by atoms with Crippen LogP contribution in [0.3, 0.4) is 0 Å². The lowest BCUT2D eigenvalue weighted by Gasteiger charge is -2.37. The molecule has 1 aliphatic heterocycles. The molecule has 4 rings (SSSR count). The molecule has 1 saturated carbocycles. The van der Waals surface area contributed by atoms with Gasteiger partial charge in [-0.15, -0.1) is 0 Å². The number of rotatable bonds is 6. The molecule has 2 atom stereocenters. The van der Waals surface area contributed by atoms with Gasteiger partial charge in [-0.05, 0) is 43.9 Å². The number of hydrogen-bond donors (Lipinski definition) is 2. The Morgan fingerprint density at radius 1 is 1.19 bits per heavy atom. The van der Waals surface area contributed by atoms with Gasteiger partial charge in [-0.1, -0.05) is 30.3 Å². The van der Waals surface area contributed by atoms with E-state index >= 15 is 0 Å². The van der Waals surface area contributed by atoms with Crippen molar-refractivity contribution in [3.8, 4) is 0 Å². The Labute approximate surface area is 181 Å². The highest BCUT2D eigenvalue weighted by atomic mass is 19.3. The number of amides is 1. The molecule has 2 aliphatic rings. The first-order chi connectivity index (χ1) is 14.8. The predicted molar refractivity (Wildman–Crippen MR) is 113 cm³/mol. The van der Waals surface area contributed by atoms with Gasteiger partial charge in [-0.3, -0.25) is 9.69 Å². The van der Waals surface area contributed by atoms with Crippen LogP contribution in [0.15, 0.2) is 46.9 Å². The van der Waals surface area contributed by atoms with Crippen LogP contribution in [-0.2, 0) is 16.9 Å². The Morgan fingerprint density at radius 2 is 1.90 bits per heavy atom. The van der Waals surface area contributed by atoms with Crippen LogP contribution in [0.1, 0.15) is 49.2 Å². The van der Waals surface area contributed by atoms with Crippen molar-refractivity contribution in [2.45, 2.75) is 63.1 Å². The molecule has 1 saturated heterocycles. The highest BCUT2D eigenvalue weighted by molar-refractivity contribution is 5.87. The summed E-state index contributed by atoms with van der Waals surface area (Å²) in [6, 6.07) is 12.3. The number of likely N-dealkylation sites (tertiary alicyclic amines) is 1. The lowest BCUT2D eigenvalue weighted by molar-refractivity contribution is -0.149. The summed E-state index contributed by atoms with van der Waals surface area (Å²) in [4.78, 5) is 15.5. The van der Waals surface area contributed by atoms with Crippen molar-refractivity contribution in [3.63, 3.8) is 0 Å². The lowest BCUT2D eigenvalue weighted by atomic mass is 9.79. The number of nitrogens with zero attached hydrogens (tertiary/aromatic N) is 1. The zero-order chi connectivity index (χ0) is 22.1. The van der Waals surface area contributed by atoms with Crippen molar-refractivity contribution in [2.24, 2.45) is 5.92 Å². The number of benzene rings is 1. The number of carbonyl (C=O) groups excluding carboxylic acids is 1. The number of halogens is 2. The van der Waals surface area contributed by atoms with Crippen molar-refractivity contribution < 1.29 is 23.1 Å². The summed E-state index contributed by atoms with van der Waals surface area (Å²) in [5.74, 6) is -2.42. The molecule has 1 aliphatic carbocycles. The summed E-state index contributed by atoms with van der Waals surface area (Å²) in [6.07, 6.45) is 0.804. The zero-order valence-corrected chi connectivity index (χ0v) is 17.8. The molecule has 7 heteroatoms. The molecule has 2 N–H and O–H groups in total. The van der Waals surface area contributed by atoms with Gasteiger partial charge in [-0.2, -0.15) is 0 Å². The lowest BCUT2D eigenvalue weighted by Crippen LogP contribution is -2.54. The van der Waals surface area contributed by atoms with Crippen LogP contribution < -0.4 is 5.32 Å². The number of nitrogens with one attached hydrogen (secondary N) is 1. The number of hydrogen-bond acceptors (Lipinski definition) is 4. The van der Waals surface area contributed by atoms with E-state index in [1.807, 2.05) is 19.1 Å². The van der Waals surface area contributed by atoms with Crippen molar-refractivity contribution in [1.82, 2.24) is 10.2 Å². The third-order valence-corrected chi connectivity index (χ3v) is 6.65. The molecule has 0 bridgehead atoms. The maximum atomic E-state index is 13.9. The normalized spacial score (nSPS) is 24.1. The number of aryl methyl sites for hydroxylation is 1. The highest BCUT2D eigenvalue weighted by Crippen LogP contribution is 2.47. The molecule has 2 aromatic rings. The predicted octanol–water partition coefficient (Wildman–Crippen LogP) is 3.99. The van der Waals surface area contributed by atoms with Crippen molar-refractivity contribution in [3.05, 3.63) is 59.5 Å². The van der Waals surface area contributed by atoms with Crippen LogP contribution >= 0.6 is 0 Å². The molecule has 2 heterocycles. The minimum Gasteiger partial charge on any atom is -0.465 e. The molecule has 31 heavy (non-hydrogen) atoms. The average Bonchev–Trinajstić information content (AvgIpc) is 3.34. The largest absolute Gasteiger partial charge is 0.465 e. The Morgan fingerprint density at radius 3 is 2.48 bits per heavy atom. The van der Waals surface area contributed by atoms with Gasteiger partial charge >= 0.3 is 0 Å². The van der Waals surface area contributed by atoms with E-state index < -0.39 is 29.8 Å². The summed E-state index contributed by atoms with van der Waals surface area (Å²) >= 11 is 0. The second kappa shape index (κ2) is 8.71. The quantitative estimate of drug-likeness (QED) is 0.725. The van der Waals surface area contributed by atoms with Crippen LogP contribution in [0, 0.1) is 12.8 Å². The third kappa shape index (κ3) is 4.83. The fourth-order valence-corrected chi connectivity index (χ4v) is 4.87. The molecular formula is C24H30F2N2O3. The average molecular weight is 433 g/mol. The Hall–Kier alpha value is -2.25. The van der Waals surface area contributed by atoms with Gasteiger partial charge < -0.3 is 14.8 Å². The Kier molecular flexibility index (Phi) is 6.17. The van der Waals surface area contributed by atoms with E-state index in [1.54, 1.807) is 30.3 Å². The van der Waals surface area contributed by atoms with Gasteiger partial charge in [-0.25, -0.2) is 8.78 Å². The minimum absolute atomic E-state index is 0.0979. The van der Waals surface area contributed by atoms with E-state index in [9.17, 15) is 18.7 Å². The Balaban J connectivity index is 1.41. The Bertz CT molecular complexity index is 893. The van der Waals surface area contributed by atoms with Gasteiger partial charge in [0.05, 0.1) is 6.54 Å². The maximum Gasteiger partial charge on any atom is 0.257 e. The van der Waals surface area contributed by atoms with Gasteiger partial charge in [0.15, 0.2) is 5.60 Å². The topological polar surface area (TPSA) is 65.7 Å². The van der Waals surface area contributed by atoms with Crippen molar-refractivity contribution >= 4 is 5.91 Å². The summed E-state index contributed by atoms with van der Waals surface area (Å²) < 4.78 is 33.5. The van der Waals surface area contributed by atoms with E-state index in [4.69, 9.17) is 4.42 Å². The first-order valence-corrected chi connectivity index (χ1v) is 11.0. The van der Waals surface area contributed by atoms with E-state index in [2.05, 4.69) is 10.2 Å². The number of furan rings is 1. The molecule has 1 aromatic carbocycles. The second-order valence-electron chi connectivity index (χ2n) is 8.96. The van der Waals surface area contributed by atoms with Crippen LogP contribution in [0.2, 0.25) is 0 Å². The first-order valence-electron chi connectivity index (χ1n) is 11.0. The van der Waals surface area contributed by atoms with Gasteiger partial charge in [0.2, 0.25) is 5.92 Å². The second-order valence-corrected chi connectivity index (χ2v) is 8.96. The standard InChI is InChI=1S/C24H30F2N2O3/c1-17-7-8-21(31-17)16-28-13-10-20(11-14-28)27-22(29)24(30,18-5-3-2-4-6-18)19-9-12-23(25,26)15-19/h2-8,19-20,30H,9-16H2,1H3,(H,27,29)/t19-,24?/m1/s1. The first kappa shape index (κ1) is 22.0. The highest BCUT2D eigenvalue weighted by Gasteiger charge is 2.53. The number of alkyl halides is 2. The monoisotopic (exact) mass is 432 g/mol. The van der Waals surface area contributed by atoms with Crippen LogP contribution in [0.25, 0.3) is 0 Å². The van der Waals surface area contributed by atoms with Gasteiger partial charge in [0.1, 0.15) is 11.5 Å². The molecule has 1 amide bonds. The molecule has 168 valence electrons. The van der Waals surface area contributed by atoms with Crippen LogP contribution in [0.4, 0.5) is 8.78 Å². The number of piperidine rings is 1. The van der Waals surface area contributed by atoms with Crippen molar-refractivity contribution in [1.29, 1.82) is 0 Å². The zero-order valence-electron chi connectivity index (χ0n) is 17.8. The molecular weight excluding hydrogens is 402 g/mol. The van der Waals surface area contributed by atoms with Gasteiger partial charge in [0, 0.05) is 37.9 Å². The van der Waals surface area contributed by atoms with Crippen LogP contribution in [-0.4, -0.2) is 41.0 Å². The summed E-state index contributed by atoms with van der Waals surface area (Å²) in [5.41, 5.74) is -1.58. The summed E-state index contributed by atoms with van der Waals surface area (Å²) in [7, 11) is 0. The summed E-state index contributed by atoms with van der Waals surface area (Å²) in [5, 5.41) is 14.5. The molecule has 0 spiro atoms. The SMILES string of the molecule is Cc1ccc(CN2CCC(NC(=O)C(O)(c3ccccc3)[C@@H]3CCC(F)(F)C3)CC2)o1. The summed E-state index contributed by atoms with van der Waals surface area (Å²) in [6.45, 7) is 4.21. The van der Waals surface area contributed by atoms with E-state index in [0.29, 0.717) is 5.56 Å². The molecule has 1 unspecified atom stereocenters. The fourth-order valence-electron chi connectivity index (χ4n) is 4.87. The number of carbonyl (C=O) groups is 1.